The number of hydrogen-bond donors (Lipinski definition) is 4. The molecule has 2 fully saturated rings. The number of phenolic OH excluding ortho intramolecular Hbond substituents is 1. The Labute approximate surface area is 247 Å². The van der Waals surface area contributed by atoms with Gasteiger partial charge in [-0.2, -0.15) is 0 Å². The predicted molar refractivity (Wildman–Crippen MR) is 154 cm³/mol. The first-order valence-corrected chi connectivity index (χ1v) is 13.9. The van der Waals surface area contributed by atoms with Crippen LogP contribution in [0.5, 0.6) is 5.75 Å². The molecule has 0 spiro atoms. The van der Waals surface area contributed by atoms with Gasteiger partial charge in [0, 0.05) is 25.7 Å². The van der Waals surface area contributed by atoms with Crippen molar-refractivity contribution in [2.75, 3.05) is 38.4 Å². The highest BCUT2D eigenvalue weighted by Gasteiger charge is 2.69. The molecule has 0 aromatic heterocycles. The standard InChI is InChI=1S/C31H34N4O8/c1-34(2)19-13-18(33-20(36)10-14-8-6-5-7-9-14)25(37)22-16(19)11-15-12-17-24(35(3)4)27(39)23(30(32)42)29(41)31(17,43)28(40)21(15)26(22)38/h5-9,13,15,17,21,23-24,37,43H,10-12H2,1-4H3,(H2,32,42)(H,33,36)/t15-,17-,21?,23?,24-,31-/m1/s1. The number of hydrogen-bond acceptors (Lipinski definition) is 10. The SMILES string of the molecule is CN(C)c1cc(NC(=O)Cc2ccccc2)c(O)c2c1C[C@@H]1C[C@@H]3[C@@H](N(C)C)C(=O)C(C(N)=O)C(=O)[C@]3(O)C(=O)C1C2=O. The summed E-state index contributed by atoms with van der Waals surface area (Å²) in [5, 5.41) is 25.7. The average Bonchev–Trinajstić information content (AvgIpc) is 2.92. The van der Waals surface area contributed by atoms with E-state index < -0.39 is 76.0 Å². The Balaban J connectivity index is 1.58. The van der Waals surface area contributed by atoms with E-state index in [1.165, 1.54) is 19.0 Å². The minimum atomic E-state index is -2.81. The number of Topliss-reactive ketones (excluding diaryl/α,β-unsaturated/α-hetero) is 4. The summed E-state index contributed by atoms with van der Waals surface area (Å²) >= 11 is 0. The van der Waals surface area contributed by atoms with E-state index in [9.17, 15) is 39.0 Å². The summed E-state index contributed by atoms with van der Waals surface area (Å²) in [4.78, 5) is 83.0. The Morgan fingerprint density at radius 3 is 2.28 bits per heavy atom. The molecule has 2 saturated carbocycles. The Morgan fingerprint density at radius 2 is 1.70 bits per heavy atom. The normalized spacial score (nSPS) is 28.2. The zero-order valence-corrected chi connectivity index (χ0v) is 24.3. The third-order valence-corrected chi connectivity index (χ3v) is 9.00. The van der Waals surface area contributed by atoms with Crippen molar-refractivity contribution in [3.63, 3.8) is 0 Å². The number of likely N-dealkylation sites (N-methyl/N-ethyl adjacent to an activating group) is 1. The molecule has 0 saturated heterocycles. The Kier molecular flexibility index (Phi) is 7.47. The molecule has 5 N–H and O–H groups in total. The molecule has 2 unspecified atom stereocenters. The lowest BCUT2D eigenvalue weighted by molar-refractivity contribution is -0.181. The highest BCUT2D eigenvalue weighted by atomic mass is 16.3. The van der Waals surface area contributed by atoms with E-state index in [2.05, 4.69) is 5.32 Å². The van der Waals surface area contributed by atoms with Gasteiger partial charge < -0.3 is 26.2 Å². The highest BCUT2D eigenvalue weighted by Crippen LogP contribution is 2.52. The number of aliphatic hydroxyl groups is 1. The third kappa shape index (κ3) is 4.61. The number of rotatable bonds is 6. The quantitative estimate of drug-likeness (QED) is 0.266. The number of carbonyl (C=O) groups excluding carboxylic acids is 6. The minimum absolute atomic E-state index is 0.00905. The molecule has 0 heterocycles. The van der Waals surface area contributed by atoms with Crippen LogP contribution in [-0.2, 0) is 36.8 Å². The molecule has 6 atom stereocenters. The molecular formula is C31H34N4O8. The van der Waals surface area contributed by atoms with Gasteiger partial charge in [-0.3, -0.25) is 33.7 Å². The van der Waals surface area contributed by atoms with Gasteiger partial charge >= 0.3 is 0 Å². The molecule has 5 rings (SSSR count). The second-order valence-corrected chi connectivity index (χ2v) is 12.0. The van der Waals surface area contributed by atoms with Crippen LogP contribution in [0.3, 0.4) is 0 Å². The molecule has 226 valence electrons. The highest BCUT2D eigenvalue weighted by molar-refractivity contribution is 6.32. The number of amides is 2. The summed E-state index contributed by atoms with van der Waals surface area (Å²) in [5.74, 6) is -11.8. The van der Waals surface area contributed by atoms with E-state index in [1.54, 1.807) is 49.3 Å². The fourth-order valence-corrected chi connectivity index (χ4v) is 7.12. The van der Waals surface area contributed by atoms with Gasteiger partial charge in [0.15, 0.2) is 34.7 Å². The predicted octanol–water partition coefficient (Wildman–Crippen LogP) is 0.114. The monoisotopic (exact) mass is 590 g/mol. The van der Waals surface area contributed by atoms with Crippen molar-refractivity contribution < 1.29 is 39.0 Å². The molecule has 3 aliphatic rings. The van der Waals surface area contributed by atoms with Crippen LogP contribution in [0.15, 0.2) is 36.4 Å². The summed E-state index contributed by atoms with van der Waals surface area (Å²) in [6.07, 6.45) is 0.0767. The second kappa shape index (κ2) is 10.7. The molecule has 2 aromatic rings. The van der Waals surface area contributed by atoms with Gasteiger partial charge in [0.2, 0.25) is 11.8 Å². The van der Waals surface area contributed by atoms with Crippen LogP contribution in [0.25, 0.3) is 0 Å². The number of aromatic hydroxyl groups is 1. The average molecular weight is 591 g/mol. The van der Waals surface area contributed by atoms with E-state index in [4.69, 9.17) is 5.73 Å². The van der Waals surface area contributed by atoms with Crippen LogP contribution >= 0.6 is 0 Å². The molecule has 2 aromatic carbocycles. The molecule has 0 radical (unpaired) electrons. The largest absolute Gasteiger partial charge is 0.505 e. The number of nitrogens with zero attached hydrogens (tertiary/aromatic N) is 2. The van der Waals surface area contributed by atoms with Crippen molar-refractivity contribution in [2.45, 2.75) is 30.9 Å². The zero-order chi connectivity index (χ0) is 31.5. The van der Waals surface area contributed by atoms with Crippen molar-refractivity contribution in [1.82, 2.24) is 4.90 Å². The van der Waals surface area contributed by atoms with Crippen molar-refractivity contribution >= 4 is 46.3 Å². The van der Waals surface area contributed by atoms with Gasteiger partial charge in [-0.05, 0) is 50.0 Å². The number of nitrogens with one attached hydrogen (secondary N) is 1. The van der Waals surface area contributed by atoms with Crippen LogP contribution in [0.2, 0.25) is 0 Å². The van der Waals surface area contributed by atoms with Crippen molar-refractivity contribution in [3.8, 4) is 5.75 Å². The number of ketones is 4. The molecule has 43 heavy (non-hydrogen) atoms. The fraction of sp³-hybridized carbons (Fsp3) is 0.419. The topological polar surface area (TPSA) is 187 Å². The summed E-state index contributed by atoms with van der Waals surface area (Å²) in [5.41, 5.74) is 4.05. The number of carbonyl (C=O) groups is 6. The maximum atomic E-state index is 14.1. The molecule has 2 amide bonds. The van der Waals surface area contributed by atoms with Crippen LogP contribution < -0.4 is 16.0 Å². The Bertz CT molecular complexity index is 1570. The first kappa shape index (κ1) is 30.1. The van der Waals surface area contributed by atoms with E-state index in [-0.39, 0.29) is 30.5 Å². The number of fused-ring (bicyclic) bond motifs is 3. The van der Waals surface area contributed by atoms with E-state index >= 15 is 0 Å². The number of phenols is 1. The van der Waals surface area contributed by atoms with Gasteiger partial charge in [-0.15, -0.1) is 0 Å². The smallest absolute Gasteiger partial charge is 0.235 e. The van der Waals surface area contributed by atoms with Crippen LogP contribution in [0.4, 0.5) is 11.4 Å². The third-order valence-electron chi connectivity index (χ3n) is 9.00. The number of benzene rings is 2. The van der Waals surface area contributed by atoms with Crippen LogP contribution in [0.1, 0.15) is 27.9 Å². The van der Waals surface area contributed by atoms with Crippen molar-refractivity contribution in [2.24, 2.45) is 29.4 Å². The number of primary amides is 1. The molecule has 0 bridgehead atoms. The van der Waals surface area contributed by atoms with E-state index in [0.29, 0.717) is 11.3 Å². The minimum Gasteiger partial charge on any atom is -0.505 e. The second-order valence-electron chi connectivity index (χ2n) is 12.0. The molecule has 3 aliphatic carbocycles. The molecule has 0 aliphatic heterocycles. The van der Waals surface area contributed by atoms with Crippen molar-refractivity contribution in [1.29, 1.82) is 0 Å². The lowest BCUT2D eigenvalue weighted by atomic mass is 9.52. The first-order chi connectivity index (χ1) is 20.2. The number of anilines is 2. The fourth-order valence-electron chi connectivity index (χ4n) is 7.12. The van der Waals surface area contributed by atoms with Gasteiger partial charge in [0.1, 0.15) is 5.75 Å². The molecule has 12 heteroatoms. The molecular weight excluding hydrogens is 556 g/mol. The Hall–Kier alpha value is -4.42. The summed E-state index contributed by atoms with van der Waals surface area (Å²) in [7, 11) is 6.53. The van der Waals surface area contributed by atoms with Gasteiger partial charge in [-0.25, -0.2) is 0 Å². The zero-order valence-electron chi connectivity index (χ0n) is 24.3. The summed E-state index contributed by atoms with van der Waals surface area (Å²) < 4.78 is 0. The van der Waals surface area contributed by atoms with E-state index in [0.717, 1.165) is 5.56 Å². The van der Waals surface area contributed by atoms with Gasteiger partial charge in [-0.1, -0.05) is 30.3 Å². The summed E-state index contributed by atoms with van der Waals surface area (Å²) in [6.45, 7) is 0. The van der Waals surface area contributed by atoms with Crippen LogP contribution in [-0.4, -0.2) is 89.9 Å². The first-order valence-electron chi connectivity index (χ1n) is 13.9. The lowest BCUT2D eigenvalue weighted by Crippen LogP contribution is -2.74. The van der Waals surface area contributed by atoms with Gasteiger partial charge in [0.05, 0.1) is 29.6 Å². The molecule has 12 nitrogen and oxygen atoms in total. The maximum absolute atomic E-state index is 14.1. The van der Waals surface area contributed by atoms with E-state index in [1.807, 2.05) is 6.07 Å². The summed E-state index contributed by atoms with van der Waals surface area (Å²) in [6, 6.07) is 9.33. The lowest BCUT2D eigenvalue weighted by Gasteiger charge is -2.52. The number of nitrogens with two attached hydrogens (primary N) is 1. The Morgan fingerprint density at radius 1 is 1.05 bits per heavy atom. The van der Waals surface area contributed by atoms with Crippen LogP contribution in [0, 0.1) is 23.7 Å². The maximum Gasteiger partial charge on any atom is 0.235 e. The van der Waals surface area contributed by atoms with Crippen molar-refractivity contribution in [3.05, 3.63) is 53.1 Å². The van der Waals surface area contributed by atoms with Gasteiger partial charge in [0.25, 0.3) is 0 Å².